The number of rotatable bonds is 4. The molecule has 0 spiro atoms. The van der Waals surface area contributed by atoms with Crippen LogP contribution in [-0.2, 0) is 16.0 Å². The average molecular weight is 299 g/mol. The van der Waals surface area contributed by atoms with Gasteiger partial charge in [0.25, 0.3) is 0 Å². The molecule has 2 aromatic rings. The third-order valence-corrected chi connectivity index (χ3v) is 3.91. The highest BCUT2D eigenvalue weighted by Gasteiger charge is 2.29. The Morgan fingerprint density at radius 2 is 2.18 bits per heavy atom. The van der Waals surface area contributed by atoms with Crippen molar-refractivity contribution in [2.75, 3.05) is 13.1 Å². The predicted molar refractivity (Wildman–Crippen MR) is 83.2 cm³/mol. The Labute approximate surface area is 130 Å². The molecule has 1 aromatic carbocycles. The van der Waals surface area contributed by atoms with Crippen LogP contribution in [0.4, 0.5) is 0 Å². The van der Waals surface area contributed by atoms with Crippen LogP contribution in [0.1, 0.15) is 30.8 Å². The number of amides is 1. The Balaban J connectivity index is 1.61. The summed E-state index contributed by atoms with van der Waals surface area (Å²) in [4.78, 5) is 21.5. The highest BCUT2D eigenvalue weighted by molar-refractivity contribution is 5.76. The molecule has 2 atom stereocenters. The molecule has 2 heterocycles. The van der Waals surface area contributed by atoms with Crippen LogP contribution >= 0.6 is 0 Å². The number of hydrogen-bond acceptors (Lipinski definition) is 3. The number of H-pyrrole nitrogens is 1. The zero-order chi connectivity index (χ0) is 15.4. The minimum atomic E-state index is -0.0440. The molecular formula is C17H21N3O2. The van der Waals surface area contributed by atoms with Crippen LogP contribution in [-0.4, -0.2) is 40.0 Å². The van der Waals surface area contributed by atoms with Gasteiger partial charge in [0.05, 0.1) is 12.6 Å². The number of imidazole rings is 1. The van der Waals surface area contributed by atoms with Crippen LogP contribution in [0.3, 0.4) is 0 Å². The van der Waals surface area contributed by atoms with Gasteiger partial charge in [-0.05, 0) is 12.5 Å². The second kappa shape index (κ2) is 6.75. The third-order valence-electron chi connectivity index (χ3n) is 3.91. The number of carbonyl (C=O) groups is 1. The Hall–Kier alpha value is -2.14. The summed E-state index contributed by atoms with van der Waals surface area (Å²) in [5.41, 5.74) is 1.12. The normalized spacial score (nSPS) is 21.8. The van der Waals surface area contributed by atoms with E-state index in [-0.39, 0.29) is 18.1 Å². The zero-order valence-corrected chi connectivity index (χ0v) is 12.7. The number of morpholine rings is 1. The number of nitrogens with zero attached hydrogens (tertiary/aromatic N) is 2. The lowest BCUT2D eigenvalue weighted by atomic mass is 10.1. The van der Waals surface area contributed by atoms with Crippen LogP contribution < -0.4 is 0 Å². The summed E-state index contributed by atoms with van der Waals surface area (Å²) in [6, 6.07) is 10.1. The van der Waals surface area contributed by atoms with Gasteiger partial charge in [-0.2, -0.15) is 0 Å². The quantitative estimate of drug-likeness (QED) is 0.942. The van der Waals surface area contributed by atoms with Gasteiger partial charge in [0, 0.05) is 31.8 Å². The summed E-state index contributed by atoms with van der Waals surface area (Å²) < 4.78 is 5.99. The van der Waals surface area contributed by atoms with Crippen molar-refractivity contribution in [2.45, 2.75) is 32.0 Å². The lowest BCUT2D eigenvalue weighted by molar-refractivity contribution is -0.144. The van der Waals surface area contributed by atoms with E-state index in [2.05, 4.69) is 9.97 Å². The molecular weight excluding hydrogens is 278 g/mol. The molecule has 1 aliphatic heterocycles. The number of aryl methyl sites for hydroxylation is 1. The van der Waals surface area contributed by atoms with E-state index in [0.717, 1.165) is 11.4 Å². The number of nitrogens with one attached hydrogen (secondary N) is 1. The van der Waals surface area contributed by atoms with Crippen LogP contribution in [0.25, 0.3) is 0 Å². The lowest BCUT2D eigenvalue weighted by Gasteiger charge is -2.37. The van der Waals surface area contributed by atoms with Crippen LogP contribution in [0.15, 0.2) is 42.7 Å². The molecule has 1 saturated heterocycles. The van der Waals surface area contributed by atoms with Gasteiger partial charge >= 0.3 is 0 Å². The van der Waals surface area contributed by atoms with E-state index in [0.29, 0.717) is 25.9 Å². The molecule has 0 aliphatic carbocycles. The summed E-state index contributed by atoms with van der Waals surface area (Å²) >= 11 is 0. The van der Waals surface area contributed by atoms with Gasteiger partial charge in [0.1, 0.15) is 11.9 Å². The monoisotopic (exact) mass is 299 g/mol. The van der Waals surface area contributed by atoms with Gasteiger partial charge in [-0.1, -0.05) is 30.3 Å². The maximum absolute atomic E-state index is 12.4. The molecule has 1 fully saturated rings. The van der Waals surface area contributed by atoms with Gasteiger partial charge in [0.15, 0.2) is 0 Å². The van der Waals surface area contributed by atoms with E-state index < -0.39 is 0 Å². The van der Waals surface area contributed by atoms with Crippen molar-refractivity contribution >= 4 is 5.91 Å². The molecule has 3 rings (SSSR count). The maximum atomic E-state index is 12.4. The maximum Gasteiger partial charge on any atom is 0.223 e. The number of carbonyl (C=O) groups excluding carboxylic acids is 1. The van der Waals surface area contributed by atoms with E-state index in [9.17, 15) is 4.79 Å². The Morgan fingerprint density at radius 1 is 1.36 bits per heavy atom. The molecule has 1 amide bonds. The van der Waals surface area contributed by atoms with Crippen molar-refractivity contribution in [3.05, 3.63) is 54.1 Å². The van der Waals surface area contributed by atoms with E-state index in [4.69, 9.17) is 4.74 Å². The molecule has 5 nitrogen and oxygen atoms in total. The zero-order valence-electron chi connectivity index (χ0n) is 12.7. The van der Waals surface area contributed by atoms with Crippen molar-refractivity contribution in [3.63, 3.8) is 0 Å². The van der Waals surface area contributed by atoms with Crippen molar-refractivity contribution in [1.82, 2.24) is 14.9 Å². The summed E-state index contributed by atoms with van der Waals surface area (Å²) in [7, 11) is 0. The van der Waals surface area contributed by atoms with Crippen LogP contribution in [0.2, 0.25) is 0 Å². The molecule has 2 unspecified atom stereocenters. The number of ether oxygens (including phenoxy) is 1. The number of hydrogen-bond donors (Lipinski definition) is 1. The average Bonchev–Trinajstić information content (AvgIpc) is 3.06. The fraction of sp³-hybridized carbons (Fsp3) is 0.412. The van der Waals surface area contributed by atoms with Gasteiger partial charge in [0.2, 0.25) is 5.91 Å². The lowest BCUT2D eigenvalue weighted by Crippen LogP contribution is -2.46. The minimum absolute atomic E-state index is 0.0440. The largest absolute Gasteiger partial charge is 0.367 e. The number of aromatic nitrogens is 2. The molecule has 5 heteroatoms. The molecule has 22 heavy (non-hydrogen) atoms. The first-order valence-electron chi connectivity index (χ1n) is 7.69. The first kappa shape index (κ1) is 14.8. The second-order valence-corrected chi connectivity index (χ2v) is 5.68. The Morgan fingerprint density at radius 3 is 2.91 bits per heavy atom. The summed E-state index contributed by atoms with van der Waals surface area (Å²) in [5, 5.41) is 0. The van der Waals surface area contributed by atoms with Crippen LogP contribution in [0, 0.1) is 0 Å². The van der Waals surface area contributed by atoms with Crippen molar-refractivity contribution < 1.29 is 9.53 Å². The van der Waals surface area contributed by atoms with E-state index in [1.54, 1.807) is 12.4 Å². The summed E-state index contributed by atoms with van der Waals surface area (Å²) in [6.07, 6.45) is 4.61. The molecule has 0 saturated carbocycles. The standard InChI is InChI=1S/C17H21N3O2/c1-13-11-20(17(21)8-7-16-18-9-10-19-16)12-15(22-13)14-5-3-2-4-6-14/h2-6,9-10,13,15H,7-8,11-12H2,1H3,(H,18,19). The predicted octanol–water partition coefficient (Wildman–Crippen LogP) is 2.33. The van der Waals surface area contributed by atoms with Gasteiger partial charge < -0.3 is 14.6 Å². The molecule has 1 aromatic heterocycles. The third kappa shape index (κ3) is 3.54. The van der Waals surface area contributed by atoms with Gasteiger partial charge in [-0.15, -0.1) is 0 Å². The number of benzene rings is 1. The highest BCUT2D eigenvalue weighted by Crippen LogP contribution is 2.25. The Kier molecular flexibility index (Phi) is 4.53. The van der Waals surface area contributed by atoms with E-state index in [1.807, 2.05) is 42.2 Å². The van der Waals surface area contributed by atoms with E-state index >= 15 is 0 Å². The second-order valence-electron chi connectivity index (χ2n) is 5.68. The molecule has 116 valence electrons. The SMILES string of the molecule is CC1CN(C(=O)CCc2ncc[nH]2)CC(c2ccccc2)O1. The molecule has 0 radical (unpaired) electrons. The fourth-order valence-corrected chi connectivity index (χ4v) is 2.82. The fourth-order valence-electron chi connectivity index (χ4n) is 2.82. The summed E-state index contributed by atoms with van der Waals surface area (Å²) in [5.74, 6) is 1.02. The molecule has 1 N–H and O–H groups in total. The summed E-state index contributed by atoms with van der Waals surface area (Å²) in [6.45, 7) is 3.29. The Bertz CT molecular complexity index is 598. The molecule has 0 bridgehead atoms. The van der Waals surface area contributed by atoms with Crippen molar-refractivity contribution in [2.24, 2.45) is 0 Å². The molecule has 1 aliphatic rings. The van der Waals surface area contributed by atoms with Gasteiger partial charge in [-0.3, -0.25) is 4.79 Å². The van der Waals surface area contributed by atoms with Crippen LogP contribution in [0.5, 0.6) is 0 Å². The van der Waals surface area contributed by atoms with Gasteiger partial charge in [-0.25, -0.2) is 4.98 Å². The smallest absolute Gasteiger partial charge is 0.223 e. The first-order chi connectivity index (χ1) is 10.7. The number of aromatic amines is 1. The highest BCUT2D eigenvalue weighted by atomic mass is 16.5. The minimum Gasteiger partial charge on any atom is -0.367 e. The van der Waals surface area contributed by atoms with E-state index in [1.165, 1.54) is 0 Å². The topological polar surface area (TPSA) is 58.2 Å². The van der Waals surface area contributed by atoms with Crippen molar-refractivity contribution in [1.29, 1.82) is 0 Å². The van der Waals surface area contributed by atoms with Crippen molar-refractivity contribution in [3.8, 4) is 0 Å². The first-order valence-corrected chi connectivity index (χ1v) is 7.69.